The molecule has 4 heteroatoms. The van der Waals surface area contributed by atoms with Crippen LogP contribution in [-0.4, -0.2) is 28.9 Å². The van der Waals surface area contributed by atoms with Crippen LogP contribution in [0.4, 0.5) is 0 Å². The molecule has 4 aliphatic rings. The SMILES string of the molecule is CC(=O)N[C@H]1[C@@H](O)C[C@H]2[C@H]3CCC4=CC(=O)CC[C@@]4(C)[C@@H]3CC[C@@]21C. The van der Waals surface area contributed by atoms with Crippen LogP contribution in [0.1, 0.15) is 65.7 Å². The minimum absolute atomic E-state index is 0.00564. The number of carbonyl (C=O) groups is 2. The average molecular weight is 345 g/mol. The van der Waals surface area contributed by atoms with Crippen molar-refractivity contribution in [2.75, 3.05) is 0 Å². The number of aliphatic hydroxyl groups excluding tert-OH is 1. The molecule has 0 unspecified atom stereocenters. The number of nitrogens with one attached hydrogen (secondary N) is 1. The summed E-state index contributed by atoms with van der Waals surface area (Å²) in [4.78, 5) is 23.5. The van der Waals surface area contributed by atoms with Crippen molar-refractivity contribution in [3.8, 4) is 0 Å². The van der Waals surface area contributed by atoms with Gasteiger partial charge in [0.25, 0.3) is 0 Å². The summed E-state index contributed by atoms with van der Waals surface area (Å²) in [5.41, 5.74) is 1.54. The van der Waals surface area contributed by atoms with Crippen LogP contribution in [0.3, 0.4) is 0 Å². The van der Waals surface area contributed by atoms with Crippen LogP contribution in [0.15, 0.2) is 11.6 Å². The summed E-state index contributed by atoms with van der Waals surface area (Å²) in [6.07, 6.45) is 8.32. The van der Waals surface area contributed by atoms with Gasteiger partial charge < -0.3 is 10.4 Å². The standard InChI is InChI=1S/C21H31NO3/c1-12(23)22-19-18(25)11-17-15-5-4-13-10-14(24)6-8-20(13,2)16(15)7-9-21(17,19)3/h10,15-19,25H,4-9,11H2,1-3H3,(H,22,23)/t15-,16+,17-,18-,19-,20+,21-/m0/s1. The van der Waals surface area contributed by atoms with Gasteiger partial charge in [-0.25, -0.2) is 0 Å². The lowest BCUT2D eigenvalue weighted by Crippen LogP contribution is -2.55. The summed E-state index contributed by atoms with van der Waals surface area (Å²) in [7, 11) is 0. The molecule has 3 fully saturated rings. The molecule has 25 heavy (non-hydrogen) atoms. The number of amides is 1. The number of rotatable bonds is 1. The second-order valence-corrected chi connectivity index (χ2v) is 9.49. The van der Waals surface area contributed by atoms with Crippen LogP contribution in [0.2, 0.25) is 0 Å². The number of hydrogen-bond acceptors (Lipinski definition) is 3. The number of ketones is 1. The van der Waals surface area contributed by atoms with Crippen LogP contribution >= 0.6 is 0 Å². The van der Waals surface area contributed by atoms with Crippen molar-refractivity contribution >= 4 is 11.7 Å². The van der Waals surface area contributed by atoms with Gasteiger partial charge in [0.05, 0.1) is 12.1 Å². The molecule has 4 nitrogen and oxygen atoms in total. The highest BCUT2D eigenvalue weighted by Crippen LogP contribution is 2.65. The molecule has 7 atom stereocenters. The molecule has 0 spiro atoms. The molecule has 4 rings (SSSR count). The quantitative estimate of drug-likeness (QED) is 0.768. The minimum atomic E-state index is -0.435. The summed E-state index contributed by atoms with van der Waals surface area (Å²) in [5, 5.41) is 13.7. The lowest BCUT2D eigenvalue weighted by atomic mass is 9.47. The third-order valence-electron chi connectivity index (χ3n) is 8.35. The normalized spacial score (nSPS) is 48.9. The molecule has 0 heterocycles. The van der Waals surface area contributed by atoms with Gasteiger partial charge in [-0.3, -0.25) is 9.59 Å². The number of allylic oxidation sites excluding steroid dienone is 1. The topological polar surface area (TPSA) is 66.4 Å². The summed E-state index contributed by atoms with van der Waals surface area (Å²) >= 11 is 0. The van der Waals surface area contributed by atoms with Gasteiger partial charge in [0.15, 0.2) is 5.78 Å². The molecule has 2 N–H and O–H groups in total. The van der Waals surface area contributed by atoms with E-state index in [0.717, 1.165) is 38.5 Å². The molecule has 0 bridgehead atoms. The van der Waals surface area contributed by atoms with Gasteiger partial charge in [0.1, 0.15) is 0 Å². The second-order valence-electron chi connectivity index (χ2n) is 9.49. The summed E-state index contributed by atoms with van der Waals surface area (Å²) in [5.74, 6) is 1.94. The van der Waals surface area contributed by atoms with E-state index in [4.69, 9.17) is 0 Å². The lowest BCUT2D eigenvalue weighted by molar-refractivity contribution is -0.122. The van der Waals surface area contributed by atoms with Crippen molar-refractivity contribution in [2.45, 2.75) is 77.9 Å². The van der Waals surface area contributed by atoms with Gasteiger partial charge in [0.2, 0.25) is 5.91 Å². The minimum Gasteiger partial charge on any atom is -0.391 e. The Hall–Kier alpha value is -1.16. The smallest absolute Gasteiger partial charge is 0.217 e. The first kappa shape index (κ1) is 17.3. The molecule has 0 aromatic carbocycles. The molecule has 0 saturated heterocycles. The van der Waals surface area contributed by atoms with Crippen molar-refractivity contribution in [2.24, 2.45) is 28.6 Å². The first-order valence-corrected chi connectivity index (χ1v) is 9.95. The van der Waals surface area contributed by atoms with Crippen LogP contribution in [0.5, 0.6) is 0 Å². The average Bonchev–Trinajstić information content (AvgIpc) is 2.79. The molecule has 0 aromatic rings. The Kier molecular flexibility index (Phi) is 3.91. The number of hydrogen-bond donors (Lipinski definition) is 2. The van der Waals surface area contributed by atoms with Crippen molar-refractivity contribution in [3.05, 3.63) is 11.6 Å². The third-order valence-corrected chi connectivity index (χ3v) is 8.35. The van der Waals surface area contributed by atoms with E-state index in [1.807, 2.05) is 6.08 Å². The maximum absolute atomic E-state index is 11.9. The van der Waals surface area contributed by atoms with Gasteiger partial charge in [-0.1, -0.05) is 19.4 Å². The highest BCUT2D eigenvalue weighted by atomic mass is 16.3. The lowest BCUT2D eigenvalue weighted by Gasteiger charge is -2.58. The van der Waals surface area contributed by atoms with Crippen molar-refractivity contribution in [3.63, 3.8) is 0 Å². The van der Waals surface area contributed by atoms with Crippen molar-refractivity contribution in [1.82, 2.24) is 5.32 Å². The van der Waals surface area contributed by atoms with Crippen LogP contribution in [0, 0.1) is 28.6 Å². The zero-order valence-electron chi connectivity index (χ0n) is 15.7. The predicted octanol–water partition coefficient (Wildman–Crippen LogP) is 2.99. The predicted molar refractivity (Wildman–Crippen MR) is 95.7 cm³/mol. The fourth-order valence-corrected chi connectivity index (χ4v) is 7.05. The van der Waals surface area contributed by atoms with Crippen LogP contribution < -0.4 is 5.32 Å². The fourth-order valence-electron chi connectivity index (χ4n) is 7.05. The van der Waals surface area contributed by atoms with Gasteiger partial charge >= 0.3 is 0 Å². The first-order chi connectivity index (χ1) is 11.8. The molecule has 1 amide bonds. The Morgan fingerprint density at radius 2 is 1.96 bits per heavy atom. The third kappa shape index (κ3) is 2.43. The number of aliphatic hydroxyl groups is 1. The van der Waals surface area contributed by atoms with E-state index >= 15 is 0 Å². The van der Waals surface area contributed by atoms with E-state index in [1.54, 1.807) is 6.92 Å². The Bertz CT molecular complexity index is 641. The molecular formula is C21H31NO3. The second kappa shape index (κ2) is 5.67. The molecule has 0 aliphatic heterocycles. The van der Waals surface area contributed by atoms with E-state index in [2.05, 4.69) is 19.2 Å². The summed E-state index contributed by atoms with van der Waals surface area (Å²) in [6.45, 7) is 6.21. The molecule has 0 aromatic heterocycles. The van der Waals surface area contributed by atoms with E-state index in [-0.39, 0.29) is 22.8 Å². The summed E-state index contributed by atoms with van der Waals surface area (Å²) < 4.78 is 0. The Morgan fingerprint density at radius 1 is 1.20 bits per heavy atom. The molecule has 4 aliphatic carbocycles. The van der Waals surface area contributed by atoms with Crippen molar-refractivity contribution in [1.29, 1.82) is 0 Å². The van der Waals surface area contributed by atoms with Crippen LogP contribution in [0.25, 0.3) is 0 Å². The van der Waals surface area contributed by atoms with E-state index < -0.39 is 6.10 Å². The van der Waals surface area contributed by atoms with E-state index in [0.29, 0.717) is 30.0 Å². The Morgan fingerprint density at radius 3 is 2.68 bits per heavy atom. The van der Waals surface area contributed by atoms with Gasteiger partial charge in [-0.2, -0.15) is 0 Å². The zero-order valence-corrected chi connectivity index (χ0v) is 15.7. The van der Waals surface area contributed by atoms with Gasteiger partial charge in [-0.15, -0.1) is 0 Å². The first-order valence-electron chi connectivity index (χ1n) is 9.95. The fraction of sp³-hybridized carbons (Fsp3) is 0.810. The highest BCUT2D eigenvalue weighted by molar-refractivity contribution is 5.91. The molecule has 3 saturated carbocycles. The number of carbonyl (C=O) groups excluding carboxylic acids is 2. The highest BCUT2D eigenvalue weighted by Gasteiger charge is 2.61. The largest absolute Gasteiger partial charge is 0.391 e. The maximum Gasteiger partial charge on any atom is 0.217 e. The molecule has 0 radical (unpaired) electrons. The molecular weight excluding hydrogens is 314 g/mol. The van der Waals surface area contributed by atoms with Gasteiger partial charge in [-0.05, 0) is 73.2 Å². The van der Waals surface area contributed by atoms with Crippen LogP contribution in [-0.2, 0) is 9.59 Å². The monoisotopic (exact) mass is 345 g/mol. The zero-order chi connectivity index (χ0) is 18.0. The van der Waals surface area contributed by atoms with E-state index in [1.165, 1.54) is 5.57 Å². The Labute approximate surface area is 150 Å². The molecule has 138 valence electrons. The Balaban J connectivity index is 1.65. The van der Waals surface area contributed by atoms with Gasteiger partial charge in [0, 0.05) is 13.3 Å². The van der Waals surface area contributed by atoms with Crippen molar-refractivity contribution < 1.29 is 14.7 Å². The number of fused-ring (bicyclic) bond motifs is 5. The maximum atomic E-state index is 11.9. The van der Waals surface area contributed by atoms with E-state index in [9.17, 15) is 14.7 Å². The summed E-state index contributed by atoms with van der Waals surface area (Å²) in [6, 6.07) is -0.117.